The van der Waals surface area contributed by atoms with Gasteiger partial charge in [0.05, 0.1) is 5.02 Å². The molecule has 0 saturated heterocycles. The van der Waals surface area contributed by atoms with Gasteiger partial charge >= 0.3 is 5.97 Å². The van der Waals surface area contributed by atoms with Crippen LogP contribution in [-0.2, 0) is 0 Å². The summed E-state index contributed by atoms with van der Waals surface area (Å²) in [6, 6.07) is 10.4. The van der Waals surface area contributed by atoms with Crippen molar-refractivity contribution in [1.29, 1.82) is 0 Å². The van der Waals surface area contributed by atoms with Crippen molar-refractivity contribution in [3.63, 3.8) is 0 Å². The van der Waals surface area contributed by atoms with E-state index in [9.17, 15) is 4.79 Å². The molecule has 17 heavy (non-hydrogen) atoms. The molecule has 2 rings (SSSR count). The Kier molecular flexibility index (Phi) is 3.40. The van der Waals surface area contributed by atoms with Crippen LogP contribution in [0.4, 0.5) is 0 Å². The van der Waals surface area contributed by atoms with Gasteiger partial charge < -0.3 is 4.74 Å². The highest BCUT2D eigenvalue weighted by atomic mass is 35.5. The zero-order chi connectivity index (χ0) is 12.3. The molecule has 1 aromatic carbocycles. The second-order valence-corrected chi connectivity index (χ2v) is 3.90. The highest BCUT2D eigenvalue weighted by molar-refractivity contribution is 6.32. The van der Waals surface area contributed by atoms with Crippen LogP contribution in [-0.4, -0.2) is 11.0 Å². The molecule has 0 unspecified atom stereocenters. The second kappa shape index (κ2) is 4.97. The van der Waals surface area contributed by atoms with Crippen molar-refractivity contribution >= 4 is 17.6 Å². The summed E-state index contributed by atoms with van der Waals surface area (Å²) in [7, 11) is 0. The Morgan fingerprint density at radius 2 is 2.06 bits per heavy atom. The number of pyridine rings is 1. The molecule has 0 N–H and O–H groups in total. The van der Waals surface area contributed by atoms with E-state index in [-0.39, 0.29) is 5.69 Å². The standard InChI is InChI=1S/C13H10ClNO2/c1-9-5-4-6-10(14)12(9)17-13(16)11-7-2-3-8-15-11/h2-8H,1H3. The molecule has 0 spiro atoms. The molecular formula is C13H10ClNO2. The normalized spacial score (nSPS) is 10.0. The van der Waals surface area contributed by atoms with Gasteiger partial charge in [-0.25, -0.2) is 9.78 Å². The number of para-hydroxylation sites is 1. The van der Waals surface area contributed by atoms with Gasteiger partial charge in [0, 0.05) is 6.20 Å². The minimum Gasteiger partial charge on any atom is -0.420 e. The van der Waals surface area contributed by atoms with E-state index in [1.54, 1.807) is 30.3 Å². The predicted molar refractivity (Wildman–Crippen MR) is 65.4 cm³/mol. The Bertz CT molecular complexity index is 520. The molecule has 3 nitrogen and oxygen atoms in total. The highest BCUT2D eigenvalue weighted by Gasteiger charge is 2.13. The number of rotatable bonds is 2. The van der Waals surface area contributed by atoms with Gasteiger partial charge in [-0.2, -0.15) is 0 Å². The lowest BCUT2D eigenvalue weighted by Gasteiger charge is -2.08. The van der Waals surface area contributed by atoms with Gasteiger partial charge in [0.2, 0.25) is 0 Å². The van der Waals surface area contributed by atoms with Crippen LogP contribution in [0.2, 0.25) is 5.02 Å². The van der Waals surface area contributed by atoms with Crippen LogP contribution in [0, 0.1) is 6.92 Å². The third-order valence-electron chi connectivity index (χ3n) is 2.23. The molecule has 1 aromatic heterocycles. The zero-order valence-electron chi connectivity index (χ0n) is 9.18. The molecule has 0 radical (unpaired) electrons. The van der Waals surface area contributed by atoms with Crippen LogP contribution in [0.3, 0.4) is 0 Å². The summed E-state index contributed by atoms with van der Waals surface area (Å²) < 4.78 is 5.23. The van der Waals surface area contributed by atoms with E-state index < -0.39 is 5.97 Å². The van der Waals surface area contributed by atoms with Crippen molar-refractivity contribution in [1.82, 2.24) is 4.98 Å². The average molecular weight is 248 g/mol. The van der Waals surface area contributed by atoms with E-state index in [4.69, 9.17) is 16.3 Å². The summed E-state index contributed by atoms with van der Waals surface area (Å²) in [6.07, 6.45) is 1.54. The van der Waals surface area contributed by atoms with E-state index in [0.29, 0.717) is 10.8 Å². The van der Waals surface area contributed by atoms with Crippen LogP contribution in [0.25, 0.3) is 0 Å². The lowest BCUT2D eigenvalue weighted by Crippen LogP contribution is -2.11. The van der Waals surface area contributed by atoms with Gasteiger partial charge in [0.25, 0.3) is 0 Å². The molecule has 86 valence electrons. The number of nitrogens with zero attached hydrogens (tertiary/aromatic N) is 1. The van der Waals surface area contributed by atoms with Gasteiger partial charge in [-0.1, -0.05) is 29.8 Å². The number of carbonyl (C=O) groups is 1. The predicted octanol–water partition coefficient (Wildman–Crippen LogP) is 3.26. The minimum atomic E-state index is -0.512. The van der Waals surface area contributed by atoms with Gasteiger partial charge in [-0.05, 0) is 30.7 Å². The fourth-order valence-corrected chi connectivity index (χ4v) is 1.63. The van der Waals surface area contributed by atoms with Crippen LogP contribution >= 0.6 is 11.6 Å². The monoisotopic (exact) mass is 247 g/mol. The van der Waals surface area contributed by atoms with Gasteiger partial charge in [-0.15, -0.1) is 0 Å². The first-order valence-corrected chi connectivity index (χ1v) is 5.44. The molecule has 0 bridgehead atoms. The topological polar surface area (TPSA) is 39.2 Å². The summed E-state index contributed by atoms with van der Waals surface area (Å²) in [4.78, 5) is 15.7. The molecule has 0 saturated carbocycles. The number of hydrogen-bond acceptors (Lipinski definition) is 3. The number of halogens is 1. The lowest BCUT2D eigenvalue weighted by atomic mass is 10.2. The molecule has 0 aliphatic heterocycles. The second-order valence-electron chi connectivity index (χ2n) is 3.49. The van der Waals surface area contributed by atoms with E-state index in [2.05, 4.69) is 4.98 Å². The third kappa shape index (κ3) is 2.63. The number of carbonyl (C=O) groups excluding carboxylic acids is 1. The lowest BCUT2D eigenvalue weighted by molar-refractivity contribution is 0.0727. The summed E-state index contributed by atoms with van der Waals surface area (Å²) in [5, 5.41) is 0.411. The van der Waals surface area contributed by atoms with E-state index >= 15 is 0 Å². The van der Waals surface area contributed by atoms with Crippen molar-refractivity contribution in [2.24, 2.45) is 0 Å². The Morgan fingerprint density at radius 1 is 1.24 bits per heavy atom. The van der Waals surface area contributed by atoms with E-state index in [1.165, 1.54) is 6.20 Å². The average Bonchev–Trinajstić information content (AvgIpc) is 2.35. The molecule has 0 aliphatic rings. The Balaban J connectivity index is 2.25. The fourth-order valence-electron chi connectivity index (χ4n) is 1.37. The number of aromatic nitrogens is 1. The molecule has 0 fully saturated rings. The van der Waals surface area contributed by atoms with E-state index in [0.717, 1.165) is 5.56 Å². The SMILES string of the molecule is Cc1cccc(Cl)c1OC(=O)c1ccccn1. The Morgan fingerprint density at radius 3 is 2.71 bits per heavy atom. The molecule has 1 heterocycles. The van der Waals surface area contributed by atoms with Gasteiger partial charge in [0.15, 0.2) is 5.75 Å². The number of benzene rings is 1. The maximum absolute atomic E-state index is 11.8. The summed E-state index contributed by atoms with van der Waals surface area (Å²) >= 11 is 5.96. The highest BCUT2D eigenvalue weighted by Crippen LogP contribution is 2.28. The summed E-state index contributed by atoms with van der Waals surface area (Å²) in [5.74, 6) is -0.133. The number of hydrogen-bond donors (Lipinski definition) is 0. The number of esters is 1. The van der Waals surface area contributed by atoms with Crippen LogP contribution < -0.4 is 4.74 Å². The van der Waals surface area contributed by atoms with Crippen molar-refractivity contribution in [2.45, 2.75) is 6.92 Å². The molecule has 0 amide bonds. The molecule has 4 heteroatoms. The Hall–Kier alpha value is -1.87. The fraction of sp³-hybridized carbons (Fsp3) is 0.0769. The van der Waals surface area contributed by atoms with Crippen molar-refractivity contribution in [3.05, 3.63) is 58.9 Å². The van der Waals surface area contributed by atoms with Crippen molar-refractivity contribution < 1.29 is 9.53 Å². The first-order chi connectivity index (χ1) is 8.18. The zero-order valence-corrected chi connectivity index (χ0v) is 9.94. The third-order valence-corrected chi connectivity index (χ3v) is 2.53. The van der Waals surface area contributed by atoms with Crippen molar-refractivity contribution in [3.8, 4) is 5.75 Å². The Labute approximate surface area is 104 Å². The van der Waals surface area contributed by atoms with Crippen LogP contribution in [0.1, 0.15) is 16.1 Å². The number of aryl methyl sites for hydroxylation is 1. The maximum atomic E-state index is 11.8. The quantitative estimate of drug-likeness (QED) is 0.604. The van der Waals surface area contributed by atoms with E-state index in [1.807, 2.05) is 13.0 Å². The molecular weight excluding hydrogens is 238 g/mol. The first-order valence-electron chi connectivity index (χ1n) is 5.07. The number of ether oxygens (including phenoxy) is 1. The van der Waals surface area contributed by atoms with Crippen LogP contribution in [0.5, 0.6) is 5.75 Å². The summed E-state index contributed by atoms with van der Waals surface area (Å²) in [6.45, 7) is 1.83. The smallest absolute Gasteiger partial charge is 0.362 e. The molecule has 0 atom stereocenters. The maximum Gasteiger partial charge on any atom is 0.362 e. The summed E-state index contributed by atoms with van der Waals surface area (Å²) in [5.41, 5.74) is 1.06. The van der Waals surface area contributed by atoms with Crippen molar-refractivity contribution in [2.75, 3.05) is 0 Å². The molecule has 0 aliphatic carbocycles. The van der Waals surface area contributed by atoms with Gasteiger partial charge in [-0.3, -0.25) is 0 Å². The minimum absolute atomic E-state index is 0.256. The largest absolute Gasteiger partial charge is 0.420 e. The molecule has 2 aromatic rings. The van der Waals surface area contributed by atoms with Gasteiger partial charge in [0.1, 0.15) is 5.69 Å². The van der Waals surface area contributed by atoms with Crippen LogP contribution in [0.15, 0.2) is 42.6 Å². The first kappa shape index (κ1) is 11.6.